The summed E-state index contributed by atoms with van der Waals surface area (Å²) >= 11 is 5.86. The Bertz CT molecular complexity index is 271. The molecule has 5 atom stereocenters. The second kappa shape index (κ2) is 5.23. The Balaban J connectivity index is 3.06. The van der Waals surface area contributed by atoms with Crippen LogP contribution in [0, 0.1) is 0 Å². The lowest BCUT2D eigenvalue weighted by Gasteiger charge is -2.46. The van der Waals surface area contributed by atoms with Gasteiger partial charge in [0.1, 0.15) is 18.3 Å². The van der Waals surface area contributed by atoms with Crippen LogP contribution in [0.2, 0.25) is 0 Å². The molecule has 0 aromatic heterocycles. The van der Waals surface area contributed by atoms with Crippen LogP contribution in [0.15, 0.2) is 0 Å². The fraction of sp³-hybridized carbons (Fsp3) is 0.875. The van der Waals surface area contributed by atoms with Gasteiger partial charge in [0.2, 0.25) is 0 Å². The largest absolute Gasteiger partial charge is 0.394 e. The van der Waals surface area contributed by atoms with Gasteiger partial charge in [0.05, 0.1) is 10.8 Å². The van der Waals surface area contributed by atoms with E-state index in [2.05, 4.69) is 0 Å². The number of aliphatic hydroxyl groups excluding tert-OH is 4. The molecule has 0 spiro atoms. The van der Waals surface area contributed by atoms with E-state index in [9.17, 15) is 20.4 Å². The van der Waals surface area contributed by atoms with Gasteiger partial charge in [0.25, 0.3) is 0 Å². The van der Waals surface area contributed by atoms with E-state index < -0.39 is 36.8 Å². The summed E-state index contributed by atoms with van der Waals surface area (Å²) in [5.74, 6) is 0. The molecule has 0 unspecified atom stereocenters. The van der Waals surface area contributed by atoms with Gasteiger partial charge in [-0.15, -0.1) is 11.8 Å². The Hall–Kier alpha value is 0.200. The lowest BCUT2D eigenvalue weighted by atomic mass is 9.86. The predicted octanol–water partition coefficient (Wildman–Crippen LogP) is -2.16. The summed E-state index contributed by atoms with van der Waals surface area (Å²) < 4.78 is 4.78. The number of thioether (sulfide) groups is 1. The van der Waals surface area contributed by atoms with Gasteiger partial charge in [-0.3, -0.25) is 0 Å². The van der Waals surface area contributed by atoms with Crippen molar-refractivity contribution >= 4 is 28.2 Å². The van der Waals surface area contributed by atoms with Crippen molar-refractivity contribution in [3.05, 3.63) is 0 Å². The van der Waals surface area contributed by atoms with Crippen molar-refractivity contribution in [1.82, 2.24) is 0 Å². The topological polar surface area (TPSA) is 110 Å². The van der Waals surface area contributed by atoms with Gasteiger partial charge in [-0.25, -0.2) is 0 Å². The van der Waals surface area contributed by atoms with Crippen LogP contribution in [0.1, 0.15) is 0 Å². The summed E-state index contributed by atoms with van der Waals surface area (Å²) in [6.07, 6.45) is -4.76. The van der Waals surface area contributed by atoms with Gasteiger partial charge in [0.15, 0.2) is 11.9 Å². The smallest absolute Gasteiger partial charge is 0.184 e. The highest BCUT2D eigenvalue weighted by molar-refractivity contribution is 8.22. The van der Waals surface area contributed by atoms with Crippen LogP contribution >= 0.6 is 24.0 Å². The lowest BCUT2D eigenvalue weighted by molar-refractivity contribution is -0.301. The zero-order chi connectivity index (χ0) is 12.5. The van der Waals surface area contributed by atoms with Crippen molar-refractivity contribution in [3.8, 4) is 0 Å². The van der Waals surface area contributed by atoms with Crippen molar-refractivity contribution in [2.24, 2.45) is 0 Å². The molecule has 1 rings (SSSR count). The third-order valence-corrected chi connectivity index (χ3v) is 4.06. The highest BCUT2D eigenvalue weighted by Gasteiger charge is 2.56. The van der Waals surface area contributed by atoms with Crippen molar-refractivity contribution < 1.29 is 30.3 Å². The highest BCUT2D eigenvalue weighted by atomic mass is 32.2. The predicted molar refractivity (Wildman–Crippen MR) is 61.0 cm³/mol. The molecule has 0 saturated carbocycles. The van der Waals surface area contributed by atoms with Gasteiger partial charge in [0, 0.05) is 0 Å². The summed E-state index contributed by atoms with van der Waals surface area (Å²) in [5, 5.41) is 47.6. The first kappa shape index (κ1) is 14.3. The highest BCUT2D eigenvalue weighted by Crippen LogP contribution is 2.33. The zero-order valence-electron chi connectivity index (χ0n) is 8.48. The fourth-order valence-corrected chi connectivity index (χ4v) is 2.39. The first-order chi connectivity index (χ1) is 7.39. The Morgan fingerprint density at radius 2 is 2.00 bits per heavy atom. The third kappa shape index (κ3) is 2.12. The monoisotopic (exact) mass is 270 g/mol. The summed E-state index contributed by atoms with van der Waals surface area (Å²) in [6.45, 7) is -0.641. The molecule has 1 aliphatic heterocycles. The Morgan fingerprint density at radius 1 is 1.44 bits per heavy atom. The van der Waals surface area contributed by atoms with E-state index in [0.717, 1.165) is 11.8 Å². The van der Waals surface area contributed by atoms with Crippen molar-refractivity contribution in [3.63, 3.8) is 0 Å². The second-order valence-electron chi connectivity index (χ2n) is 3.45. The maximum Gasteiger partial charge on any atom is 0.184 e. The molecule has 6 nitrogen and oxygen atoms in total. The number of thiocarbonyl (C=S) groups is 1. The number of hydrogen-bond donors (Lipinski definition) is 5. The van der Waals surface area contributed by atoms with E-state index in [0.29, 0.717) is 0 Å². The van der Waals surface area contributed by atoms with E-state index in [-0.39, 0.29) is 4.20 Å². The average Bonchev–Trinajstić information content (AvgIpc) is 2.29. The molecule has 0 aliphatic carbocycles. The van der Waals surface area contributed by atoms with Gasteiger partial charge in [-0.1, -0.05) is 12.2 Å². The molecule has 1 heterocycles. The normalized spacial score (nSPS) is 44.4. The Labute approximate surface area is 102 Å². The molecule has 0 bridgehead atoms. The zero-order valence-corrected chi connectivity index (χ0v) is 10.1. The van der Waals surface area contributed by atoms with E-state index in [1.54, 1.807) is 6.26 Å². The summed E-state index contributed by atoms with van der Waals surface area (Å²) in [5.41, 5.74) is -2.07. The van der Waals surface area contributed by atoms with E-state index >= 15 is 0 Å². The summed E-state index contributed by atoms with van der Waals surface area (Å²) in [6, 6.07) is 0. The number of rotatable bonds is 2. The van der Waals surface area contributed by atoms with Crippen LogP contribution in [0.5, 0.6) is 0 Å². The molecule has 0 radical (unpaired) electrons. The first-order valence-electron chi connectivity index (χ1n) is 4.50. The minimum absolute atomic E-state index is 0.0231. The minimum atomic E-state index is -2.07. The second-order valence-corrected chi connectivity index (χ2v) is 4.93. The molecule has 16 heavy (non-hydrogen) atoms. The Morgan fingerprint density at radius 3 is 2.44 bits per heavy atom. The molecule has 1 aliphatic rings. The van der Waals surface area contributed by atoms with Crippen molar-refractivity contribution in [2.45, 2.75) is 30.2 Å². The van der Waals surface area contributed by atoms with Gasteiger partial charge < -0.3 is 30.3 Å². The van der Waals surface area contributed by atoms with Gasteiger partial charge >= 0.3 is 0 Å². The van der Waals surface area contributed by atoms with Crippen molar-refractivity contribution in [2.75, 3.05) is 12.9 Å². The number of hydrogen-bond acceptors (Lipinski definition) is 8. The maximum atomic E-state index is 10.2. The van der Waals surface area contributed by atoms with E-state index in [1.165, 1.54) is 0 Å². The number of ether oxygens (including phenoxy) is 1. The van der Waals surface area contributed by atoms with Crippen LogP contribution in [-0.2, 0) is 4.74 Å². The van der Waals surface area contributed by atoms with E-state index in [4.69, 9.17) is 22.1 Å². The molecule has 8 heteroatoms. The molecule has 94 valence electrons. The lowest BCUT2D eigenvalue weighted by Crippen LogP contribution is -2.69. The molecular formula is C8H14O6S2. The van der Waals surface area contributed by atoms with Crippen LogP contribution in [-0.4, -0.2) is 72.8 Å². The van der Waals surface area contributed by atoms with Gasteiger partial charge in [-0.2, -0.15) is 0 Å². The molecule has 0 aromatic rings. The number of aliphatic hydroxyl groups is 5. The van der Waals surface area contributed by atoms with Gasteiger partial charge in [-0.05, 0) is 6.26 Å². The summed E-state index contributed by atoms with van der Waals surface area (Å²) in [7, 11) is 0. The quantitative estimate of drug-likeness (QED) is 0.361. The average molecular weight is 270 g/mol. The molecular weight excluding hydrogens is 256 g/mol. The van der Waals surface area contributed by atoms with Crippen LogP contribution in [0.3, 0.4) is 0 Å². The van der Waals surface area contributed by atoms with Crippen LogP contribution < -0.4 is 0 Å². The Kier molecular flexibility index (Phi) is 4.66. The minimum Gasteiger partial charge on any atom is -0.394 e. The maximum absolute atomic E-state index is 10.2. The molecule has 1 fully saturated rings. The third-order valence-electron chi connectivity index (χ3n) is 2.54. The van der Waals surface area contributed by atoms with E-state index in [1.807, 2.05) is 0 Å². The molecule has 0 aromatic carbocycles. The molecule has 0 amide bonds. The molecule has 1 saturated heterocycles. The fourth-order valence-electron chi connectivity index (χ4n) is 1.56. The standard InChI is InChI=1S/C8H14O6S2/c1-16-7(15)8(13)3(2-9)14-6(12)4(10)5(8)11/h3-6,9-13H,2H2,1H3/t3-,4-,5-,6+,8-/m1/s1. The van der Waals surface area contributed by atoms with Crippen LogP contribution in [0.25, 0.3) is 0 Å². The molecule has 5 N–H and O–H groups in total. The summed E-state index contributed by atoms with van der Waals surface area (Å²) in [4.78, 5) is 0. The SMILES string of the molecule is CSC(=S)[C@]1(O)[C@H](O)[C@@H](O)[C@@H](O)O[C@@H]1CO. The van der Waals surface area contributed by atoms with Crippen LogP contribution in [0.4, 0.5) is 0 Å². The first-order valence-corrected chi connectivity index (χ1v) is 6.14. The van der Waals surface area contributed by atoms with Crippen molar-refractivity contribution in [1.29, 1.82) is 0 Å².